The van der Waals surface area contributed by atoms with E-state index in [0.717, 1.165) is 16.7 Å². The van der Waals surface area contributed by atoms with Crippen molar-refractivity contribution in [2.45, 2.75) is 33.1 Å². The average Bonchev–Trinajstić information content (AvgIpc) is 2.40. The van der Waals surface area contributed by atoms with Crippen molar-refractivity contribution in [2.24, 2.45) is 0 Å². The van der Waals surface area contributed by atoms with Crippen LogP contribution in [-0.2, 0) is 5.41 Å². The molecule has 0 saturated carbocycles. The van der Waals surface area contributed by atoms with E-state index in [2.05, 4.69) is 45.0 Å². The van der Waals surface area contributed by atoms with Gasteiger partial charge in [-0.05, 0) is 40.7 Å². The van der Waals surface area contributed by atoms with Crippen LogP contribution in [0.15, 0.2) is 42.5 Å². The largest absolute Gasteiger partial charge is 0.511 e. The van der Waals surface area contributed by atoms with Crippen LogP contribution in [0.4, 0.5) is 4.79 Å². The van der Waals surface area contributed by atoms with Crippen molar-refractivity contribution in [1.82, 2.24) is 0 Å². The van der Waals surface area contributed by atoms with Crippen molar-refractivity contribution >= 4 is 6.16 Å². The predicted molar refractivity (Wildman–Crippen MR) is 84.0 cm³/mol. The van der Waals surface area contributed by atoms with E-state index in [9.17, 15) is 4.79 Å². The third-order valence-corrected chi connectivity index (χ3v) is 3.54. The Morgan fingerprint density at radius 1 is 1.05 bits per heavy atom. The van der Waals surface area contributed by atoms with Gasteiger partial charge in [0.2, 0.25) is 0 Å². The maximum Gasteiger partial charge on any atom is 0.511 e. The number of ether oxygens (including phenoxy) is 1. The molecule has 0 spiro atoms. The van der Waals surface area contributed by atoms with Gasteiger partial charge in [0, 0.05) is 0 Å². The Morgan fingerprint density at radius 2 is 1.67 bits per heavy atom. The summed E-state index contributed by atoms with van der Waals surface area (Å²) in [4.78, 5) is 10.7. The van der Waals surface area contributed by atoms with Gasteiger partial charge in [-0.3, -0.25) is 0 Å². The molecule has 3 nitrogen and oxygen atoms in total. The predicted octanol–water partition coefficient (Wildman–Crippen LogP) is 5.02. The Kier molecular flexibility index (Phi) is 4.03. The fourth-order valence-corrected chi connectivity index (χ4v) is 2.28. The Labute approximate surface area is 125 Å². The molecule has 2 rings (SSSR count). The summed E-state index contributed by atoms with van der Waals surface area (Å²) in [6.07, 6.45) is -1.29. The Morgan fingerprint density at radius 3 is 2.19 bits per heavy atom. The molecule has 0 bridgehead atoms. The van der Waals surface area contributed by atoms with Crippen LogP contribution in [-0.4, -0.2) is 11.3 Å². The van der Waals surface area contributed by atoms with Gasteiger partial charge in [0.25, 0.3) is 0 Å². The standard InChI is InChI=1S/C18H20O3/c1-12-15(6-5-7-16(12)21-17(19)20)13-8-10-14(11-9-13)18(2,3)4/h5-11H,1-4H3,(H,19,20). The van der Waals surface area contributed by atoms with Crippen LogP contribution >= 0.6 is 0 Å². The van der Waals surface area contributed by atoms with Crippen LogP contribution in [0, 0.1) is 6.92 Å². The number of rotatable bonds is 2. The van der Waals surface area contributed by atoms with E-state index in [1.54, 1.807) is 12.1 Å². The molecule has 0 aromatic heterocycles. The Bertz CT molecular complexity index is 649. The summed E-state index contributed by atoms with van der Waals surface area (Å²) in [5.74, 6) is 0.375. The third kappa shape index (κ3) is 3.43. The van der Waals surface area contributed by atoms with Crippen LogP contribution in [0.3, 0.4) is 0 Å². The minimum absolute atomic E-state index is 0.113. The highest BCUT2D eigenvalue weighted by Gasteiger charge is 2.14. The van der Waals surface area contributed by atoms with E-state index in [0.29, 0.717) is 5.75 Å². The minimum atomic E-state index is -1.29. The molecule has 0 unspecified atom stereocenters. The SMILES string of the molecule is Cc1c(OC(=O)O)cccc1-c1ccc(C(C)(C)C)cc1. The number of carboxylic acid groups (broad SMARTS) is 1. The zero-order valence-electron chi connectivity index (χ0n) is 12.8. The summed E-state index contributed by atoms with van der Waals surface area (Å²) in [5, 5.41) is 8.76. The fourth-order valence-electron chi connectivity index (χ4n) is 2.28. The molecule has 0 heterocycles. The van der Waals surface area contributed by atoms with Crippen molar-refractivity contribution < 1.29 is 14.6 Å². The first-order valence-electron chi connectivity index (χ1n) is 6.90. The highest BCUT2D eigenvalue weighted by Crippen LogP contribution is 2.31. The van der Waals surface area contributed by atoms with Crippen LogP contribution in [0.5, 0.6) is 5.75 Å². The van der Waals surface area contributed by atoms with Crippen LogP contribution in [0.2, 0.25) is 0 Å². The Hall–Kier alpha value is -2.29. The molecule has 0 fully saturated rings. The summed E-state index contributed by atoms with van der Waals surface area (Å²) in [6, 6.07) is 13.8. The summed E-state index contributed by atoms with van der Waals surface area (Å²) in [6.45, 7) is 8.39. The molecule has 0 atom stereocenters. The first kappa shape index (κ1) is 15.1. The minimum Gasteiger partial charge on any atom is -0.449 e. The first-order chi connectivity index (χ1) is 9.79. The van der Waals surface area contributed by atoms with Crippen LogP contribution < -0.4 is 4.74 Å². The molecule has 2 aromatic carbocycles. The monoisotopic (exact) mass is 284 g/mol. The van der Waals surface area contributed by atoms with Gasteiger partial charge in [-0.1, -0.05) is 57.2 Å². The Balaban J connectivity index is 2.40. The molecule has 21 heavy (non-hydrogen) atoms. The molecule has 110 valence electrons. The lowest BCUT2D eigenvalue weighted by atomic mass is 9.86. The average molecular weight is 284 g/mol. The second-order valence-corrected chi connectivity index (χ2v) is 6.12. The molecule has 0 saturated heterocycles. The van der Waals surface area contributed by atoms with Gasteiger partial charge in [-0.15, -0.1) is 0 Å². The molecule has 0 aliphatic carbocycles. The van der Waals surface area contributed by atoms with Gasteiger partial charge in [0.05, 0.1) is 0 Å². The lowest BCUT2D eigenvalue weighted by Crippen LogP contribution is -2.10. The number of carbonyl (C=O) groups is 1. The van der Waals surface area contributed by atoms with Gasteiger partial charge < -0.3 is 9.84 Å². The van der Waals surface area contributed by atoms with Crippen LogP contribution in [0.25, 0.3) is 11.1 Å². The van der Waals surface area contributed by atoms with E-state index in [-0.39, 0.29) is 5.41 Å². The molecule has 3 heteroatoms. The summed E-state index contributed by atoms with van der Waals surface area (Å²) < 4.78 is 4.80. The van der Waals surface area contributed by atoms with Crippen molar-refractivity contribution in [3.63, 3.8) is 0 Å². The maximum absolute atomic E-state index is 10.7. The molecular formula is C18H20O3. The molecular weight excluding hydrogens is 264 g/mol. The van der Waals surface area contributed by atoms with Crippen LogP contribution in [0.1, 0.15) is 31.9 Å². The summed E-state index contributed by atoms with van der Waals surface area (Å²) in [7, 11) is 0. The normalized spacial score (nSPS) is 11.2. The lowest BCUT2D eigenvalue weighted by molar-refractivity contribution is 0.144. The van der Waals surface area contributed by atoms with E-state index >= 15 is 0 Å². The molecule has 0 aliphatic rings. The fraction of sp³-hybridized carbons (Fsp3) is 0.278. The highest BCUT2D eigenvalue weighted by atomic mass is 16.7. The quantitative estimate of drug-likeness (QED) is 0.622. The smallest absolute Gasteiger partial charge is 0.449 e. The van der Waals surface area contributed by atoms with E-state index in [1.165, 1.54) is 5.56 Å². The van der Waals surface area contributed by atoms with Gasteiger partial charge >= 0.3 is 6.16 Å². The topological polar surface area (TPSA) is 46.5 Å². The van der Waals surface area contributed by atoms with Gasteiger partial charge in [0.1, 0.15) is 5.75 Å². The second-order valence-electron chi connectivity index (χ2n) is 6.12. The van der Waals surface area contributed by atoms with E-state index in [1.807, 2.05) is 13.0 Å². The number of hydrogen-bond acceptors (Lipinski definition) is 2. The molecule has 2 aromatic rings. The molecule has 0 aliphatic heterocycles. The highest BCUT2D eigenvalue weighted by molar-refractivity contribution is 5.72. The number of hydrogen-bond donors (Lipinski definition) is 1. The summed E-state index contributed by atoms with van der Waals surface area (Å²) >= 11 is 0. The molecule has 0 radical (unpaired) electrons. The first-order valence-corrected chi connectivity index (χ1v) is 6.90. The van der Waals surface area contributed by atoms with E-state index in [4.69, 9.17) is 9.84 Å². The van der Waals surface area contributed by atoms with Crippen molar-refractivity contribution in [3.05, 3.63) is 53.6 Å². The van der Waals surface area contributed by atoms with Crippen molar-refractivity contribution in [1.29, 1.82) is 0 Å². The zero-order valence-corrected chi connectivity index (χ0v) is 12.8. The zero-order chi connectivity index (χ0) is 15.6. The van der Waals surface area contributed by atoms with Gasteiger partial charge in [-0.25, -0.2) is 4.79 Å². The third-order valence-electron chi connectivity index (χ3n) is 3.54. The van der Waals surface area contributed by atoms with Crippen molar-refractivity contribution in [3.8, 4) is 16.9 Å². The molecule has 0 amide bonds. The second kappa shape index (κ2) is 5.60. The number of benzene rings is 2. The van der Waals surface area contributed by atoms with Crippen molar-refractivity contribution in [2.75, 3.05) is 0 Å². The summed E-state index contributed by atoms with van der Waals surface area (Å²) in [5.41, 5.74) is 4.23. The molecule has 1 N–H and O–H groups in total. The van der Waals surface area contributed by atoms with E-state index < -0.39 is 6.16 Å². The maximum atomic E-state index is 10.7. The van der Waals surface area contributed by atoms with Gasteiger partial charge in [0.15, 0.2) is 0 Å². The lowest BCUT2D eigenvalue weighted by Gasteiger charge is -2.19. The van der Waals surface area contributed by atoms with Gasteiger partial charge in [-0.2, -0.15) is 0 Å².